The van der Waals surface area contributed by atoms with Gasteiger partial charge in [0.2, 0.25) is 94.5 Å². The Morgan fingerprint density at radius 3 is 1.32 bits per heavy atom. The average molecular weight is 1850 g/mol. The number of carbonyl (C=O) groups excluding carboxylic acids is 16. The molecular weight excluding hydrogens is 1720 g/mol. The zero-order valence-corrected chi connectivity index (χ0v) is 74.7. The number of amides is 16. The highest BCUT2D eigenvalue weighted by Crippen LogP contribution is 2.23. The molecule has 130 heavy (non-hydrogen) atoms. The molecule has 0 aliphatic carbocycles. The van der Waals surface area contributed by atoms with E-state index in [1.54, 1.807) is 105 Å². The summed E-state index contributed by atoms with van der Waals surface area (Å²) in [5.74, 6) is -16.2. The Hall–Kier alpha value is -12.9. The van der Waals surface area contributed by atoms with Crippen LogP contribution in [0.15, 0.2) is 116 Å². The number of phenols is 1. The second-order valence-corrected chi connectivity index (χ2v) is 32.2. The lowest BCUT2D eigenvalue weighted by molar-refractivity contribution is -0.137. The molecule has 0 bridgehead atoms. The van der Waals surface area contributed by atoms with Gasteiger partial charge in [-0.3, -0.25) is 82.1 Å². The molecule has 0 unspecified atom stereocenters. The number of guanidine groups is 1. The van der Waals surface area contributed by atoms with E-state index in [2.05, 4.69) is 115 Å². The van der Waals surface area contributed by atoms with Gasteiger partial charge in [-0.15, -0.1) is 0 Å². The molecule has 6 aromatic rings. The highest BCUT2D eigenvalue weighted by atomic mass is 32.1. The van der Waals surface area contributed by atoms with Crippen LogP contribution in [0.25, 0.3) is 21.8 Å². The van der Waals surface area contributed by atoms with Gasteiger partial charge >= 0.3 is 0 Å². The molecule has 4 aromatic carbocycles. The molecule has 2 heterocycles. The number of benzene rings is 4. The number of primary amides is 2. The average Bonchev–Trinajstić information content (AvgIpc) is 1.65. The SMILES string of the molecule is CC(=O)N[C@@H](CS)C(=O)N[C@@H](CCCCN)C(=O)N[C@H](C(=O)N[C@@H](Cc1c[nH]c2ccccc12)C(=O)N[C@@H](CCC(N)=O)C(=O)N[C@@H](CS)C(=O)N[C@@H](Cc1ccc(O)cc1)C(=O)N[C@@H](Cc1c[nH]c2ccccc12)C(=O)N[C@@H](CCCNC(=N)N)C(=O)N[C@H](C(=O)N[C@@H](Cc1ccccc1)C(=O)NCC(=O)NCCOCC(=O)N[C@H](CCCCN)C(N)=O)C(C)C)[C@@H](C)O. The number of carbonyl (C=O) groups is 16. The van der Waals surface area contributed by atoms with Crippen molar-refractivity contribution in [3.05, 3.63) is 138 Å². The van der Waals surface area contributed by atoms with Gasteiger partial charge in [-0.1, -0.05) is 92.7 Å². The minimum Gasteiger partial charge on any atom is -0.508 e. The van der Waals surface area contributed by atoms with Gasteiger partial charge in [0.1, 0.15) is 84.9 Å². The fraction of sp³-hybridized carbons (Fsp3) is 0.477. The first kappa shape index (κ1) is 106. The van der Waals surface area contributed by atoms with Crippen LogP contribution in [0.1, 0.15) is 114 Å². The van der Waals surface area contributed by atoms with Crippen LogP contribution >= 0.6 is 25.3 Å². The minimum atomic E-state index is -1.82. The van der Waals surface area contributed by atoms with Gasteiger partial charge in [-0.2, -0.15) is 25.3 Å². The first-order valence-corrected chi connectivity index (χ1v) is 43.9. The number of fused-ring (bicyclic) bond motifs is 2. The lowest BCUT2D eigenvalue weighted by atomic mass is 9.99. The van der Waals surface area contributed by atoms with Gasteiger partial charge in [0, 0.05) is 97.8 Å². The van der Waals surface area contributed by atoms with E-state index in [-0.39, 0.29) is 89.1 Å². The molecule has 0 aliphatic heterocycles. The number of H-pyrrole nitrogens is 2. The highest BCUT2D eigenvalue weighted by Gasteiger charge is 2.39. The summed E-state index contributed by atoms with van der Waals surface area (Å²) < 4.78 is 5.36. The van der Waals surface area contributed by atoms with Crippen molar-refractivity contribution >= 4 is 148 Å². The van der Waals surface area contributed by atoms with E-state index in [1.807, 2.05) is 0 Å². The largest absolute Gasteiger partial charge is 0.508 e. The number of hydrogen-bond donors (Lipinski definition) is 27. The number of aromatic nitrogens is 2. The van der Waals surface area contributed by atoms with Crippen molar-refractivity contribution in [1.82, 2.24) is 89.7 Å². The van der Waals surface area contributed by atoms with Crippen molar-refractivity contribution in [2.24, 2.45) is 34.6 Å². The van der Waals surface area contributed by atoms with E-state index in [0.29, 0.717) is 76.3 Å². The number of aliphatic hydroxyl groups is 1. The summed E-state index contributed by atoms with van der Waals surface area (Å²) in [5.41, 5.74) is 31.1. The second kappa shape index (κ2) is 55.1. The standard InChI is InChI=1S/C86H123N23O19S2/c1-47(2)72(84(126)105-63(37-50-17-6-5-7-18-50)75(117)97-43-70(114)93-35-36-128-44-71(115)99-59(74(90)116)23-12-14-32-87)108-77(119)61(25-16-34-94-86(91)92)100-80(122)65(39-52-41-95-57-21-10-8-19-55(52)57)104-79(121)64(38-51-26-28-54(112)29-27-51)103-83(125)68(46-130)107-76(118)62(30-31-69(89)113)102-81(123)66(40-53-42-96-58-22-11-9-20-56(53)58)106-85(127)73(48(3)110)109-78(120)60(24-13-15-33-88)101-82(124)67(45-129)98-49(4)111/h5-11,17-22,26-29,41-42,47-48,59-68,72-73,95-96,110,112,129-130H,12-16,23-25,30-40,43-46,87-88H2,1-4H3,(H2,89,113)(H2,90,116)(H,93,114)(H,97,117)(H,98,111)(H,99,115)(H,100,122)(H,101,124)(H,102,123)(H,103,125)(H,104,121)(H,105,126)(H,106,127)(H,107,118)(H,108,119)(H,109,120)(H4,91,92,94)/t48-,59-,60+,61+,62+,63+,64+,65+,66+,67+,68+,72+,73+/m1/s1. The molecule has 13 atom stereocenters. The number of aromatic amines is 2. The summed E-state index contributed by atoms with van der Waals surface area (Å²) in [7, 11) is 0. The first-order valence-electron chi connectivity index (χ1n) is 42.6. The van der Waals surface area contributed by atoms with Gasteiger partial charge in [-0.05, 0) is 130 Å². The zero-order valence-electron chi connectivity index (χ0n) is 72.9. The number of unbranched alkanes of at least 4 members (excludes halogenated alkanes) is 2. The summed E-state index contributed by atoms with van der Waals surface area (Å²) in [5, 5.41) is 69.5. The Morgan fingerprint density at radius 2 is 0.838 bits per heavy atom. The van der Waals surface area contributed by atoms with Crippen LogP contribution in [-0.4, -0.2) is 257 Å². The number of aromatic hydroxyl groups is 1. The Bertz CT molecular complexity index is 4830. The van der Waals surface area contributed by atoms with Gasteiger partial charge in [0.15, 0.2) is 5.96 Å². The molecule has 16 amide bonds. The Balaban J connectivity index is 1.25. The first-order chi connectivity index (χ1) is 62.0. The molecule has 0 spiro atoms. The Morgan fingerprint density at radius 1 is 0.423 bits per heavy atom. The minimum absolute atomic E-state index is 0.000265. The van der Waals surface area contributed by atoms with E-state index in [4.69, 9.17) is 38.8 Å². The van der Waals surface area contributed by atoms with Crippen molar-refractivity contribution in [2.75, 3.05) is 57.4 Å². The Kier molecular flexibility index (Phi) is 44.9. The number of ether oxygens (including phenoxy) is 1. The summed E-state index contributed by atoms with van der Waals surface area (Å²) in [6.45, 7) is 4.91. The third-order valence-electron chi connectivity index (χ3n) is 20.8. The topological polar surface area (TPSA) is 689 Å². The predicted octanol–water partition coefficient (Wildman–Crippen LogP) is -4.12. The van der Waals surface area contributed by atoms with Gasteiger partial charge in [-0.25, -0.2) is 0 Å². The highest BCUT2D eigenvalue weighted by molar-refractivity contribution is 7.80. The zero-order chi connectivity index (χ0) is 95.5. The number of rotatable bonds is 58. The summed E-state index contributed by atoms with van der Waals surface area (Å²) in [6.07, 6.45) is 1.33. The number of phenolic OH excluding ortho intramolecular Hbond substituents is 1. The second-order valence-electron chi connectivity index (χ2n) is 31.5. The van der Waals surface area contributed by atoms with E-state index < -0.39 is 217 Å². The number of nitrogens with one attached hydrogen (secondary N) is 18. The molecule has 0 radical (unpaired) electrons. The van der Waals surface area contributed by atoms with Crippen LogP contribution in [-0.2, 0) is 107 Å². The van der Waals surface area contributed by atoms with Crippen molar-refractivity contribution < 1.29 is 91.7 Å². The smallest absolute Gasteiger partial charge is 0.246 e. The molecule has 6 rings (SSSR count). The van der Waals surface area contributed by atoms with E-state index in [1.165, 1.54) is 38.1 Å². The lowest BCUT2D eigenvalue weighted by Gasteiger charge is -2.29. The van der Waals surface area contributed by atoms with Gasteiger partial charge in [0.05, 0.1) is 19.3 Å². The number of aliphatic hydroxyl groups excluding tert-OH is 1. The van der Waals surface area contributed by atoms with Crippen molar-refractivity contribution in [3.8, 4) is 5.75 Å². The third kappa shape index (κ3) is 36.0. The number of para-hydroxylation sites is 2. The van der Waals surface area contributed by atoms with Crippen molar-refractivity contribution in [3.63, 3.8) is 0 Å². The number of nitrogens with two attached hydrogens (primary N) is 5. The van der Waals surface area contributed by atoms with Crippen LogP contribution in [0, 0.1) is 11.3 Å². The molecule has 30 N–H and O–H groups in total. The third-order valence-corrected chi connectivity index (χ3v) is 21.5. The molecular formula is C86H123N23O19S2. The van der Waals surface area contributed by atoms with Crippen molar-refractivity contribution in [2.45, 2.75) is 196 Å². The van der Waals surface area contributed by atoms with Crippen molar-refractivity contribution in [1.29, 1.82) is 5.41 Å². The summed E-state index contributed by atoms with van der Waals surface area (Å²) >= 11 is 8.57. The Labute approximate surface area is 762 Å². The number of hydrogen-bond acceptors (Lipinski definition) is 24. The van der Waals surface area contributed by atoms with Crippen LogP contribution in [0.2, 0.25) is 0 Å². The maximum atomic E-state index is 15.4. The molecule has 0 saturated carbocycles. The fourth-order valence-corrected chi connectivity index (χ4v) is 14.3. The van der Waals surface area contributed by atoms with Gasteiger partial charge in [0.25, 0.3) is 0 Å². The monoisotopic (exact) mass is 1850 g/mol. The van der Waals surface area contributed by atoms with Crippen LogP contribution in [0.3, 0.4) is 0 Å². The lowest BCUT2D eigenvalue weighted by Crippen LogP contribution is -2.62. The maximum absolute atomic E-state index is 15.4. The van der Waals surface area contributed by atoms with E-state index in [9.17, 15) is 77.3 Å². The molecule has 44 heteroatoms. The maximum Gasteiger partial charge on any atom is 0.246 e. The fourth-order valence-electron chi connectivity index (χ4n) is 13.7. The van der Waals surface area contributed by atoms with Crippen LogP contribution < -0.4 is 108 Å². The van der Waals surface area contributed by atoms with Gasteiger partial charge < -0.3 is 133 Å². The molecule has 2 aromatic heterocycles. The normalized spacial score (nSPS) is 14.2. The van der Waals surface area contributed by atoms with E-state index in [0.717, 1.165) is 0 Å². The van der Waals surface area contributed by atoms with Crippen LogP contribution in [0.4, 0.5) is 0 Å². The van der Waals surface area contributed by atoms with Crippen LogP contribution in [0.5, 0.6) is 5.75 Å². The molecule has 0 saturated heterocycles. The molecule has 42 nitrogen and oxygen atoms in total. The summed E-state index contributed by atoms with van der Waals surface area (Å²) in [6, 6.07) is 9.91. The quantitative estimate of drug-likeness (QED) is 0.00746. The molecule has 708 valence electrons. The summed E-state index contributed by atoms with van der Waals surface area (Å²) in [4.78, 5) is 229. The molecule has 0 aliphatic rings. The number of thiol groups is 2. The predicted molar refractivity (Wildman–Crippen MR) is 488 cm³/mol. The van der Waals surface area contributed by atoms with E-state index >= 15 is 9.59 Å². The molecule has 0 fully saturated rings.